The summed E-state index contributed by atoms with van der Waals surface area (Å²) in [5.74, 6) is -0.232. The summed E-state index contributed by atoms with van der Waals surface area (Å²) in [5, 5.41) is 0. The van der Waals surface area contributed by atoms with Gasteiger partial charge in [0.2, 0.25) is 0 Å². The number of rotatable bonds is 2. The molecule has 0 unspecified atom stereocenters. The number of fused-ring (bicyclic) bond motifs is 1. The number of carbonyl (C=O) groups is 1. The van der Waals surface area contributed by atoms with Gasteiger partial charge in [0.15, 0.2) is 0 Å². The van der Waals surface area contributed by atoms with Crippen LogP contribution in [0.3, 0.4) is 0 Å². The molecule has 100 valence electrons. The number of hydrogen-bond acceptors (Lipinski definition) is 3. The summed E-state index contributed by atoms with van der Waals surface area (Å²) in [6.07, 6.45) is 2.28. The molecule has 0 bridgehead atoms. The number of anilines is 1. The molecule has 0 atom stereocenters. The van der Waals surface area contributed by atoms with E-state index in [1.807, 2.05) is 39.0 Å². The summed E-state index contributed by atoms with van der Waals surface area (Å²) < 4.78 is 5.00. The molecule has 0 amide bonds. The Labute approximate surface area is 110 Å². The van der Waals surface area contributed by atoms with Crippen LogP contribution in [0.25, 0.3) is 0 Å². The highest BCUT2D eigenvalue weighted by Crippen LogP contribution is 2.27. The summed E-state index contributed by atoms with van der Waals surface area (Å²) >= 11 is 0. The molecule has 0 N–H and O–H groups in total. The number of hydrogen-bond donors (Lipinski definition) is 0. The maximum absolute atomic E-state index is 11.6. The molecule has 1 heterocycles. The van der Waals surface area contributed by atoms with Crippen LogP contribution in [0.4, 0.5) is 5.69 Å². The van der Waals surface area contributed by atoms with Crippen molar-refractivity contribution in [1.82, 2.24) is 0 Å². The molecule has 3 heteroatoms. The van der Waals surface area contributed by atoms with E-state index in [-0.39, 0.29) is 5.97 Å². The molecular formula is C15H23NO2. The molecule has 0 fully saturated rings. The Kier molecular flexibility index (Phi) is 5.69. The maximum atomic E-state index is 11.6. The first-order chi connectivity index (χ1) is 8.72. The fraction of sp³-hybridized carbons (Fsp3) is 0.533. The van der Waals surface area contributed by atoms with Gasteiger partial charge in [0.25, 0.3) is 0 Å². The molecule has 3 nitrogen and oxygen atoms in total. The van der Waals surface area contributed by atoms with Gasteiger partial charge >= 0.3 is 5.97 Å². The average molecular weight is 249 g/mol. The summed E-state index contributed by atoms with van der Waals surface area (Å²) in [6.45, 7) is 7.30. The zero-order valence-corrected chi connectivity index (χ0v) is 11.8. The standard InChI is InChI=1S/C13H17NO2.C2H6/c1-3-16-13(15)11-7-6-10-5-4-8-14(2)12(10)9-11;1-2/h6-7,9H,3-5,8H2,1-2H3;1-2H3. The van der Waals surface area contributed by atoms with E-state index < -0.39 is 0 Å². The Morgan fingerprint density at radius 2 is 2.11 bits per heavy atom. The molecule has 1 aromatic rings. The van der Waals surface area contributed by atoms with Gasteiger partial charge in [-0.25, -0.2) is 4.79 Å². The normalized spacial score (nSPS) is 13.2. The lowest BCUT2D eigenvalue weighted by Gasteiger charge is -2.27. The number of ether oxygens (including phenoxy) is 1. The fourth-order valence-electron chi connectivity index (χ4n) is 2.10. The molecule has 0 aromatic heterocycles. The maximum Gasteiger partial charge on any atom is 0.338 e. The van der Waals surface area contributed by atoms with Crippen molar-refractivity contribution in [3.63, 3.8) is 0 Å². The molecule has 0 saturated carbocycles. The SMILES string of the molecule is CC.CCOC(=O)c1ccc2c(c1)N(C)CCC2. The summed E-state index contributed by atoms with van der Waals surface area (Å²) in [7, 11) is 2.06. The minimum absolute atomic E-state index is 0.232. The second-order valence-corrected chi connectivity index (χ2v) is 4.09. The monoisotopic (exact) mass is 249 g/mol. The zero-order valence-electron chi connectivity index (χ0n) is 11.8. The van der Waals surface area contributed by atoms with Crippen LogP contribution in [0.1, 0.15) is 43.1 Å². The lowest BCUT2D eigenvalue weighted by molar-refractivity contribution is 0.0526. The highest BCUT2D eigenvalue weighted by Gasteiger charge is 2.16. The van der Waals surface area contributed by atoms with Crippen molar-refractivity contribution in [3.8, 4) is 0 Å². The van der Waals surface area contributed by atoms with Gasteiger partial charge in [0.1, 0.15) is 0 Å². The third-order valence-corrected chi connectivity index (χ3v) is 2.95. The van der Waals surface area contributed by atoms with Gasteiger partial charge in [-0.3, -0.25) is 0 Å². The van der Waals surface area contributed by atoms with Crippen molar-refractivity contribution in [1.29, 1.82) is 0 Å². The average Bonchev–Trinajstić information content (AvgIpc) is 2.41. The van der Waals surface area contributed by atoms with Gasteiger partial charge in [-0.1, -0.05) is 19.9 Å². The first-order valence-electron chi connectivity index (χ1n) is 6.73. The zero-order chi connectivity index (χ0) is 13.5. The van der Waals surface area contributed by atoms with Gasteiger partial charge < -0.3 is 9.64 Å². The second kappa shape index (κ2) is 7.04. The fourth-order valence-corrected chi connectivity index (χ4v) is 2.10. The predicted molar refractivity (Wildman–Crippen MR) is 75.3 cm³/mol. The van der Waals surface area contributed by atoms with E-state index in [1.54, 1.807) is 0 Å². The van der Waals surface area contributed by atoms with Crippen molar-refractivity contribution in [2.24, 2.45) is 0 Å². The van der Waals surface area contributed by atoms with Gasteiger partial charge in [0, 0.05) is 19.3 Å². The molecule has 0 radical (unpaired) electrons. The summed E-state index contributed by atoms with van der Waals surface area (Å²) in [5.41, 5.74) is 3.13. The molecule has 2 rings (SSSR count). The van der Waals surface area contributed by atoms with Gasteiger partial charge in [-0.2, -0.15) is 0 Å². The van der Waals surface area contributed by atoms with Crippen molar-refractivity contribution < 1.29 is 9.53 Å². The number of esters is 1. The molecule has 1 aliphatic heterocycles. The Morgan fingerprint density at radius 1 is 1.39 bits per heavy atom. The number of nitrogens with zero attached hydrogens (tertiary/aromatic N) is 1. The molecule has 0 spiro atoms. The number of benzene rings is 1. The highest BCUT2D eigenvalue weighted by molar-refractivity contribution is 5.91. The van der Waals surface area contributed by atoms with E-state index in [0.717, 1.165) is 18.7 Å². The first kappa shape index (κ1) is 14.6. The van der Waals surface area contributed by atoms with Crippen LogP contribution in [0, 0.1) is 0 Å². The largest absolute Gasteiger partial charge is 0.462 e. The van der Waals surface area contributed by atoms with Crippen LogP contribution in [0.15, 0.2) is 18.2 Å². The third-order valence-electron chi connectivity index (χ3n) is 2.95. The quantitative estimate of drug-likeness (QED) is 0.753. The lowest BCUT2D eigenvalue weighted by Crippen LogP contribution is -2.25. The van der Waals surface area contributed by atoms with Crippen LogP contribution in [-0.4, -0.2) is 26.2 Å². The van der Waals surface area contributed by atoms with Crippen LogP contribution in [-0.2, 0) is 11.2 Å². The van der Waals surface area contributed by atoms with E-state index in [0.29, 0.717) is 12.2 Å². The van der Waals surface area contributed by atoms with Crippen LogP contribution in [0.5, 0.6) is 0 Å². The van der Waals surface area contributed by atoms with Crippen LogP contribution >= 0.6 is 0 Å². The van der Waals surface area contributed by atoms with E-state index in [4.69, 9.17) is 4.74 Å². The predicted octanol–water partition coefficient (Wildman–Crippen LogP) is 3.27. The van der Waals surface area contributed by atoms with Crippen LogP contribution in [0.2, 0.25) is 0 Å². The Balaban J connectivity index is 0.000000771. The molecule has 1 aromatic carbocycles. The second-order valence-electron chi connectivity index (χ2n) is 4.09. The Hall–Kier alpha value is -1.51. The van der Waals surface area contributed by atoms with Gasteiger partial charge in [0.05, 0.1) is 12.2 Å². The molecule has 0 saturated heterocycles. The molecular weight excluding hydrogens is 226 g/mol. The number of aryl methyl sites for hydroxylation is 1. The van der Waals surface area contributed by atoms with Crippen molar-refractivity contribution >= 4 is 11.7 Å². The topological polar surface area (TPSA) is 29.5 Å². The van der Waals surface area contributed by atoms with Crippen LogP contribution < -0.4 is 4.90 Å². The first-order valence-corrected chi connectivity index (χ1v) is 6.73. The van der Waals surface area contributed by atoms with Crippen molar-refractivity contribution in [2.45, 2.75) is 33.6 Å². The minimum Gasteiger partial charge on any atom is -0.462 e. The smallest absolute Gasteiger partial charge is 0.338 e. The Bertz CT molecular complexity index is 401. The van der Waals surface area contributed by atoms with E-state index in [1.165, 1.54) is 12.0 Å². The highest BCUT2D eigenvalue weighted by atomic mass is 16.5. The van der Waals surface area contributed by atoms with Crippen molar-refractivity contribution in [3.05, 3.63) is 29.3 Å². The third kappa shape index (κ3) is 3.25. The van der Waals surface area contributed by atoms with E-state index in [2.05, 4.69) is 11.9 Å². The van der Waals surface area contributed by atoms with E-state index >= 15 is 0 Å². The van der Waals surface area contributed by atoms with Gasteiger partial charge in [-0.15, -0.1) is 0 Å². The minimum atomic E-state index is -0.232. The molecule has 18 heavy (non-hydrogen) atoms. The molecule has 1 aliphatic rings. The van der Waals surface area contributed by atoms with Gasteiger partial charge in [-0.05, 0) is 37.5 Å². The summed E-state index contributed by atoms with van der Waals surface area (Å²) in [4.78, 5) is 13.8. The number of carbonyl (C=O) groups excluding carboxylic acids is 1. The van der Waals surface area contributed by atoms with Crippen molar-refractivity contribution in [2.75, 3.05) is 25.1 Å². The lowest BCUT2D eigenvalue weighted by atomic mass is 10.00. The van der Waals surface area contributed by atoms with E-state index in [9.17, 15) is 4.79 Å². The Morgan fingerprint density at radius 3 is 2.78 bits per heavy atom. The summed E-state index contributed by atoms with van der Waals surface area (Å²) in [6, 6.07) is 5.83. The molecule has 0 aliphatic carbocycles.